The van der Waals surface area contributed by atoms with E-state index in [4.69, 9.17) is 11.6 Å². The first-order valence-corrected chi connectivity index (χ1v) is 9.14. The lowest BCUT2D eigenvalue weighted by molar-refractivity contribution is 0.0938. The highest BCUT2D eigenvalue weighted by Gasteiger charge is 2.17. The molecule has 5 nitrogen and oxygen atoms in total. The molecule has 0 heterocycles. The Labute approximate surface area is 158 Å². The van der Waals surface area contributed by atoms with Gasteiger partial charge in [0.15, 0.2) is 0 Å². The average Bonchev–Trinajstić information content (AvgIpc) is 3.11. The predicted octanol–water partition coefficient (Wildman–Crippen LogP) is 4.96. The maximum Gasteiger partial charge on any atom is 0.323 e. The van der Waals surface area contributed by atoms with E-state index in [-0.39, 0.29) is 18.0 Å². The van der Waals surface area contributed by atoms with Crippen LogP contribution in [0.5, 0.6) is 0 Å². The van der Waals surface area contributed by atoms with Crippen LogP contribution < -0.4 is 16.0 Å². The Bertz CT molecular complexity index is 799. The van der Waals surface area contributed by atoms with Gasteiger partial charge in [-0.1, -0.05) is 30.5 Å². The second-order valence-corrected chi connectivity index (χ2v) is 7.01. The van der Waals surface area contributed by atoms with Gasteiger partial charge in [-0.15, -0.1) is 0 Å². The molecule has 1 fully saturated rings. The van der Waals surface area contributed by atoms with E-state index in [0.29, 0.717) is 22.0 Å². The molecule has 2 aromatic carbocycles. The molecule has 0 spiro atoms. The summed E-state index contributed by atoms with van der Waals surface area (Å²) in [4.78, 5) is 24.4. The van der Waals surface area contributed by atoms with Crippen LogP contribution in [0.2, 0.25) is 5.02 Å². The zero-order valence-electron chi connectivity index (χ0n) is 14.6. The van der Waals surface area contributed by atoms with Gasteiger partial charge in [-0.3, -0.25) is 4.79 Å². The maximum atomic E-state index is 12.2. The zero-order valence-corrected chi connectivity index (χ0v) is 15.4. The highest BCUT2D eigenvalue weighted by molar-refractivity contribution is 6.31. The zero-order chi connectivity index (χ0) is 18.5. The van der Waals surface area contributed by atoms with Crippen LogP contribution in [0.1, 0.15) is 41.6 Å². The fraction of sp³-hybridized carbons (Fsp3) is 0.300. The molecule has 0 aliphatic heterocycles. The van der Waals surface area contributed by atoms with Crippen molar-refractivity contribution in [3.05, 3.63) is 58.6 Å². The van der Waals surface area contributed by atoms with Crippen LogP contribution in [-0.4, -0.2) is 18.0 Å². The van der Waals surface area contributed by atoms with Crippen LogP contribution in [0.15, 0.2) is 42.5 Å². The monoisotopic (exact) mass is 371 g/mol. The third kappa shape index (κ3) is 4.76. The van der Waals surface area contributed by atoms with E-state index in [2.05, 4.69) is 16.0 Å². The van der Waals surface area contributed by atoms with Gasteiger partial charge in [0.1, 0.15) is 0 Å². The lowest BCUT2D eigenvalue weighted by Gasteiger charge is -2.13. The number of hydrogen-bond donors (Lipinski definition) is 3. The van der Waals surface area contributed by atoms with Gasteiger partial charge >= 0.3 is 6.03 Å². The van der Waals surface area contributed by atoms with Gasteiger partial charge in [-0.25, -0.2) is 4.79 Å². The third-order valence-electron chi connectivity index (χ3n) is 4.54. The molecule has 3 rings (SSSR count). The van der Waals surface area contributed by atoms with Gasteiger partial charge in [0, 0.05) is 28.0 Å². The third-order valence-corrected chi connectivity index (χ3v) is 4.78. The minimum Gasteiger partial charge on any atom is -0.349 e. The smallest absolute Gasteiger partial charge is 0.323 e. The number of hydrogen-bond acceptors (Lipinski definition) is 2. The molecule has 1 saturated carbocycles. The van der Waals surface area contributed by atoms with Crippen molar-refractivity contribution in [2.24, 2.45) is 0 Å². The molecule has 1 aliphatic carbocycles. The lowest BCUT2D eigenvalue weighted by Crippen LogP contribution is -2.32. The highest BCUT2D eigenvalue weighted by atomic mass is 35.5. The second kappa shape index (κ2) is 8.23. The molecule has 0 bridgehead atoms. The van der Waals surface area contributed by atoms with Crippen LogP contribution in [0.3, 0.4) is 0 Å². The minimum absolute atomic E-state index is 0.0672. The number of carbonyl (C=O) groups is 2. The molecule has 1 aliphatic rings. The van der Waals surface area contributed by atoms with Crippen molar-refractivity contribution in [3.8, 4) is 0 Å². The summed E-state index contributed by atoms with van der Waals surface area (Å²) in [5, 5.41) is 9.13. The number of amides is 3. The first-order valence-electron chi connectivity index (χ1n) is 8.76. The van der Waals surface area contributed by atoms with Crippen molar-refractivity contribution in [1.82, 2.24) is 5.32 Å². The fourth-order valence-corrected chi connectivity index (χ4v) is 3.23. The summed E-state index contributed by atoms with van der Waals surface area (Å²) >= 11 is 5.96. The average molecular weight is 372 g/mol. The topological polar surface area (TPSA) is 70.2 Å². The summed E-state index contributed by atoms with van der Waals surface area (Å²) in [7, 11) is 0. The van der Waals surface area contributed by atoms with Crippen LogP contribution >= 0.6 is 11.6 Å². The summed E-state index contributed by atoms with van der Waals surface area (Å²) in [5.74, 6) is -0.0672. The molecule has 0 saturated heterocycles. The van der Waals surface area contributed by atoms with E-state index in [9.17, 15) is 9.59 Å². The Kier molecular flexibility index (Phi) is 5.78. The fourth-order valence-electron chi connectivity index (χ4n) is 3.06. The molecule has 26 heavy (non-hydrogen) atoms. The normalized spacial score (nSPS) is 14.1. The van der Waals surface area contributed by atoms with Gasteiger partial charge in [-0.2, -0.15) is 0 Å². The van der Waals surface area contributed by atoms with Crippen molar-refractivity contribution in [2.75, 3.05) is 10.6 Å². The van der Waals surface area contributed by atoms with E-state index in [1.165, 1.54) is 12.8 Å². The molecule has 136 valence electrons. The minimum atomic E-state index is -0.362. The standard InChI is InChI=1S/C20H22ClN3O2/c1-13-6-9-15(21)12-18(13)24-20(26)23-17-10-7-14(8-11-17)19(25)22-16-4-2-3-5-16/h6-12,16H,2-5H2,1H3,(H,22,25)(H2,23,24,26). The summed E-state index contributed by atoms with van der Waals surface area (Å²) < 4.78 is 0. The number of anilines is 2. The molecule has 0 radical (unpaired) electrons. The SMILES string of the molecule is Cc1ccc(Cl)cc1NC(=O)Nc1ccc(C(=O)NC2CCCC2)cc1. The van der Waals surface area contributed by atoms with E-state index < -0.39 is 0 Å². The number of halogens is 1. The molecular weight excluding hydrogens is 350 g/mol. The van der Waals surface area contributed by atoms with Crippen molar-refractivity contribution < 1.29 is 9.59 Å². The van der Waals surface area contributed by atoms with Crippen LogP contribution in [0, 0.1) is 6.92 Å². The molecule has 0 atom stereocenters. The highest BCUT2D eigenvalue weighted by Crippen LogP contribution is 2.21. The Balaban J connectivity index is 1.57. The molecule has 3 amide bonds. The molecule has 0 unspecified atom stereocenters. The predicted molar refractivity (Wildman–Crippen MR) is 105 cm³/mol. The largest absolute Gasteiger partial charge is 0.349 e. The van der Waals surface area contributed by atoms with Gasteiger partial charge in [-0.05, 0) is 61.7 Å². The van der Waals surface area contributed by atoms with E-state index >= 15 is 0 Å². The first kappa shape index (κ1) is 18.3. The molecule has 6 heteroatoms. The van der Waals surface area contributed by atoms with Gasteiger partial charge < -0.3 is 16.0 Å². The second-order valence-electron chi connectivity index (χ2n) is 6.57. The van der Waals surface area contributed by atoms with E-state index in [0.717, 1.165) is 18.4 Å². The number of aryl methyl sites for hydroxylation is 1. The summed E-state index contributed by atoms with van der Waals surface area (Å²) in [6.07, 6.45) is 4.45. The van der Waals surface area contributed by atoms with Crippen LogP contribution in [0.4, 0.5) is 16.2 Å². The van der Waals surface area contributed by atoms with Crippen LogP contribution in [-0.2, 0) is 0 Å². The lowest BCUT2D eigenvalue weighted by atomic mass is 10.1. The Morgan fingerprint density at radius 3 is 2.38 bits per heavy atom. The van der Waals surface area contributed by atoms with Gasteiger partial charge in [0.25, 0.3) is 5.91 Å². The van der Waals surface area contributed by atoms with Crippen molar-refractivity contribution in [3.63, 3.8) is 0 Å². The molecule has 0 aromatic heterocycles. The van der Waals surface area contributed by atoms with Crippen molar-refractivity contribution >= 4 is 34.9 Å². The Morgan fingerprint density at radius 2 is 1.69 bits per heavy atom. The van der Waals surface area contributed by atoms with Gasteiger partial charge in [0.2, 0.25) is 0 Å². The first-order chi connectivity index (χ1) is 12.5. The van der Waals surface area contributed by atoms with Crippen LogP contribution in [0.25, 0.3) is 0 Å². The number of nitrogens with one attached hydrogen (secondary N) is 3. The molecule has 3 N–H and O–H groups in total. The van der Waals surface area contributed by atoms with E-state index in [1.807, 2.05) is 13.0 Å². The maximum absolute atomic E-state index is 12.2. The summed E-state index contributed by atoms with van der Waals surface area (Å²) in [6.45, 7) is 1.89. The number of urea groups is 1. The van der Waals surface area contributed by atoms with Gasteiger partial charge in [0.05, 0.1) is 0 Å². The molecular formula is C20H22ClN3O2. The van der Waals surface area contributed by atoms with Crippen molar-refractivity contribution in [1.29, 1.82) is 0 Å². The Morgan fingerprint density at radius 1 is 1.00 bits per heavy atom. The summed E-state index contributed by atoms with van der Waals surface area (Å²) in [5.41, 5.74) is 2.78. The van der Waals surface area contributed by atoms with E-state index in [1.54, 1.807) is 36.4 Å². The quantitative estimate of drug-likeness (QED) is 0.710. The molecule has 2 aromatic rings. The Hall–Kier alpha value is -2.53. The van der Waals surface area contributed by atoms with Crippen molar-refractivity contribution in [2.45, 2.75) is 38.6 Å². The number of benzene rings is 2. The summed E-state index contributed by atoms with van der Waals surface area (Å²) in [6, 6.07) is 12.1. The number of rotatable bonds is 4. The number of carbonyl (C=O) groups excluding carboxylic acids is 2.